The summed E-state index contributed by atoms with van der Waals surface area (Å²) in [4.78, 5) is 14.6. The van der Waals surface area contributed by atoms with E-state index in [2.05, 4.69) is 20.9 Å². The van der Waals surface area contributed by atoms with Crippen LogP contribution in [-0.2, 0) is 4.74 Å². The van der Waals surface area contributed by atoms with Gasteiger partial charge in [-0.1, -0.05) is 40.2 Å². The highest BCUT2D eigenvalue weighted by Gasteiger charge is 2.12. The van der Waals surface area contributed by atoms with Gasteiger partial charge in [0.15, 0.2) is 0 Å². The summed E-state index contributed by atoms with van der Waals surface area (Å²) in [7, 11) is 1.38. The molecule has 0 atom stereocenters. The van der Waals surface area contributed by atoms with Gasteiger partial charge >= 0.3 is 5.97 Å². The lowest BCUT2D eigenvalue weighted by Crippen LogP contribution is -2.00. The molecule has 1 heterocycles. The minimum atomic E-state index is -0.355. The molecular weight excluding hydrogens is 294 g/mol. The number of esters is 1. The molecule has 0 aliphatic heterocycles. The number of carbonyl (C=O) groups is 1. The Bertz CT molecular complexity index is 761. The summed E-state index contributed by atoms with van der Waals surface area (Å²) < 4.78 is 5.73. The molecule has 0 saturated carbocycles. The number of aromatic amines is 1. The molecule has 0 bridgehead atoms. The Kier molecular flexibility index (Phi) is 2.59. The highest BCUT2D eigenvalue weighted by molar-refractivity contribution is 9.10. The third kappa shape index (κ3) is 1.61. The maximum Gasteiger partial charge on any atom is 0.354 e. The summed E-state index contributed by atoms with van der Waals surface area (Å²) in [5, 5.41) is 3.25. The van der Waals surface area contributed by atoms with Crippen LogP contribution < -0.4 is 0 Å². The summed E-state index contributed by atoms with van der Waals surface area (Å²) in [6.07, 6.45) is 0. The Morgan fingerprint density at radius 3 is 2.61 bits per heavy atom. The van der Waals surface area contributed by atoms with E-state index in [1.54, 1.807) is 0 Å². The van der Waals surface area contributed by atoms with Gasteiger partial charge in [0.05, 0.1) is 7.11 Å². The molecule has 0 spiro atoms. The number of benzene rings is 2. The van der Waals surface area contributed by atoms with Crippen molar-refractivity contribution in [1.29, 1.82) is 0 Å². The molecule has 4 heteroatoms. The fraction of sp³-hybridized carbons (Fsp3) is 0.0714. The van der Waals surface area contributed by atoms with E-state index in [1.165, 1.54) is 7.11 Å². The van der Waals surface area contributed by atoms with Gasteiger partial charge in [-0.25, -0.2) is 4.79 Å². The average molecular weight is 304 g/mol. The lowest BCUT2D eigenvalue weighted by molar-refractivity contribution is 0.0595. The van der Waals surface area contributed by atoms with Crippen molar-refractivity contribution in [2.75, 3.05) is 7.11 Å². The standard InChI is InChI=1S/C14H10BrNO2/c1-18-14(17)13-6-10-8-4-2-3-5-9(8)11(15)7-12(10)16-13/h2-7,16H,1H3. The highest BCUT2D eigenvalue weighted by Crippen LogP contribution is 2.32. The molecule has 3 rings (SSSR count). The molecule has 0 fully saturated rings. The van der Waals surface area contributed by atoms with Crippen molar-refractivity contribution < 1.29 is 9.53 Å². The van der Waals surface area contributed by atoms with Crippen molar-refractivity contribution in [1.82, 2.24) is 4.98 Å². The topological polar surface area (TPSA) is 42.1 Å². The number of carbonyl (C=O) groups excluding carboxylic acids is 1. The van der Waals surface area contributed by atoms with Gasteiger partial charge < -0.3 is 9.72 Å². The Morgan fingerprint density at radius 2 is 1.89 bits per heavy atom. The minimum Gasteiger partial charge on any atom is -0.464 e. The SMILES string of the molecule is COC(=O)c1cc2c(cc(Br)c3ccccc32)[nH]1. The quantitative estimate of drug-likeness (QED) is 0.693. The van der Waals surface area contributed by atoms with Crippen LogP contribution in [0.3, 0.4) is 0 Å². The molecule has 3 nitrogen and oxygen atoms in total. The Morgan fingerprint density at radius 1 is 1.17 bits per heavy atom. The number of rotatable bonds is 1. The molecule has 90 valence electrons. The summed E-state index contributed by atoms with van der Waals surface area (Å²) in [5.41, 5.74) is 1.39. The maximum atomic E-state index is 11.5. The number of fused-ring (bicyclic) bond motifs is 3. The molecule has 1 N–H and O–H groups in total. The number of H-pyrrole nitrogens is 1. The van der Waals surface area contributed by atoms with E-state index < -0.39 is 0 Å². The fourth-order valence-corrected chi connectivity index (χ4v) is 2.73. The minimum absolute atomic E-state index is 0.355. The Labute approximate surface area is 112 Å². The second-order valence-corrected chi connectivity index (χ2v) is 4.89. The van der Waals surface area contributed by atoms with E-state index in [0.29, 0.717) is 5.69 Å². The zero-order chi connectivity index (χ0) is 12.7. The van der Waals surface area contributed by atoms with Gasteiger partial charge in [-0.2, -0.15) is 0 Å². The molecule has 2 aromatic carbocycles. The van der Waals surface area contributed by atoms with Crippen molar-refractivity contribution in [2.45, 2.75) is 0 Å². The first-order chi connectivity index (χ1) is 8.70. The number of ether oxygens (including phenoxy) is 1. The smallest absolute Gasteiger partial charge is 0.354 e. The predicted molar refractivity (Wildman–Crippen MR) is 74.8 cm³/mol. The van der Waals surface area contributed by atoms with Gasteiger partial charge in [0, 0.05) is 15.4 Å². The van der Waals surface area contributed by atoms with Gasteiger partial charge in [0.1, 0.15) is 5.69 Å². The molecular formula is C14H10BrNO2. The van der Waals surface area contributed by atoms with E-state index in [4.69, 9.17) is 4.74 Å². The van der Waals surface area contributed by atoms with Crippen molar-refractivity contribution >= 4 is 43.6 Å². The number of halogens is 1. The lowest BCUT2D eigenvalue weighted by atomic mass is 10.1. The molecule has 0 unspecified atom stereocenters. The van der Waals surface area contributed by atoms with Crippen molar-refractivity contribution in [3.05, 3.63) is 46.6 Å². The first-order valence-corrected chi connectivity index (χ1v) is 6.28. The Hall–Kier alpha value is -1.81. The molecule has 0 amide bonds. The van der Waals surface area contributed by atoms with Crippen LogP contribution in [0.1, 0.15) is 10.5 Å². The zero-order valence-corrected chi connectivity index (χ0v) is 11.2. The van der Waals surface area contributed by atoms with Crippen LogP contribution >= 0.6 is 15.9 Å². The van der Waals surface area contributed by atoms with Crippen LogP contribution in [-0.4, -0.2) is 18.1 Å². The Balaban J connectivity index is 2.40. The maximum absolute atomic E-state index is 11.5. The molecule has 1 aromatic heterocycles. The van der Waals surface area contributed by atoms with Gasteiger partial charge in [0.25, 0.3) is 0 Å². The molecule has 3 aromatic rings. The summed E-state index contributed by atoms with van der Waals surface area (Å²) in [6, 6.07) is 11.9. The summed E-state index contributed by atoms with van der Waals surface area (Å²) in [5.74, 6) is -0.355. The molecule has 18 heavy (non-hydrogen) atoms. The van der Waals surface area contributed by atoms with Crippen LogP contribution in [0.25, 0.3) is 21.7 Å². The van der Waals surface area contributed by atoms with E-state index in [1.807, 2.05) is 36.4 Å². The van der Waals surface area contributed by atoms with Gasteiger partial charge in [-0.3, -0.25) is 0 Å². The van der Waals surface area contributed by atoms with Crippen LogP contribution in [0.2, 0.25) is 0 Å². The first-order valence-electron chi connectivity index (χ1n) is 5.49. The molecule has 0 aliphatic carbocycles. The monoisotopic (exact) mass is 303 g/mol. The fourth-order valence-electron chi connectivity index (χ4n) is 2.16. The second-order valence-electron chi connectivity index (χ2n) is 4.04. The third-order valence-corrected chi connectivity index (χ3v) is 3.66. The normalized spacial score (nSPS) is 11.0. The number of hydrogen-bond acceptors (Lipinski definition) is 2. The van der Waals surface area contributed by atoms with Crippen LogP contribution in [0.15, 0.2) is 40.9 Å². The summed E-state index contributed by atoms with van der Waals surface area (Å²) >= 11 is 3.55. The number of hydrogen-bond donors (Lipinski definition) is 1. The highest BCUT2D eigenvalue weighted by atomic mass is 79.9. The molecule has 0 aliphatic rings. The summed E-state index contributed by atoms with van der Waals surface area (Å²) in [6.45, 7) is 0. The van der Waals surface area contributed by atoms with Crippen LogP contribution in [0.5, 0.6) is 0 Å². The van der Waals surface area contributed by atoms with Gasteiger partial charge in [0.2, 0.25) is 0 Å². The first kappa shape index (κ1) is 11.3. The van der Waals surface area contributed by atoms with Crippen LogP contribution in [0.4, 0.5) is 0 Å². The largest absolute Gasteiger partial charge is 0.464 e. The van der Waals surface area contributed by atoms with Crippen molar-refractivity contribution in [3.8, 4) is 0 Å². The predicted octanol–water partition coefficient (Wildman–Crippen LogP) is 3.87. The van der Waals surface area contributed by atoms with Crippen molar-refractivity contribution in [2.24, 2.45) is 0 Å². The van der Waals surface area contributed by atoms with Gasteiger partial charge in [-0.15, -0.1) is 0 Å². The number of methoxy groups -OCH3 is 1. The number of nitrogens with one attached hydrogen (secondary N) is 1. The van der Waals surface area contributed by atoms with Gasteiger partial charge in [-0.05, 0) is 22.9 Å². The van der Waals surface area contributed by atoms with Crippen LogP contribution in [0, 0.1) is 0 Å². The zero-order valence-electron chi connectivity index (χ0n) is 9.66. The molecule has 0 saturated heterocycles. The lowest BCUT2D eigenvalue weighted by Gasteiger charge is -2.01. The average Bonchev–Trinajstić information content (AvgIpc) is 2.82. The van der Waals surface area contributed by atoms with E-state index in [0.717, 1.165) is 26.1 Å². The number of aromatic nitrogens is 1. The van der Waals surface area contributed by atoms with E-state index in [9.17, 15) is 4.79 Å². The van der Waals surface area contributed by atoms with E-state index in [-0.39, 0.29) is 5.97 Å². The second kappa shape index (κ2) is 4.14. The van der Waals surface area contributed by atoms with Crippen molar-refractivity contribution in [3.63, 3.8) is 0 Å². The third-order valence-electron chi connectivity index (χ3n) is 3.00. The van der Waals surface area contributed by atoms with E-state index >= 15 is 0 Å². The molecule has 0 radical (unpaired) electrons.